The standard InChI is InChI=1S/C31H32ClN3O5/c32-27-16-28(35-31(33)34-27)37-21-26-30(39-19-24-14-8-3-9-15-24)29(38-18-23-12-6-2-7-13-23)25(40-26)20-36-17-22-10-4-1-5-11-22/h1-16,25-26,29-30H,17-21H2,(H2,33,34,35)/t25-,26+,29-,30+/m1/s1. The van der Waals surface area contributed by atoms with E-state index in [1.54, 1.807) is 0 Å². The van der Waals surface area contributed by atoms with E-state index in [1.807, 2.05) is 91.0 Å². The average Bonchev–Trinajstić information content (AvgIpc) is 3.31. The quantitative estimate of drug-likeness (QED) is 0.221. The van der Waals surface area contributed by atoms with Gasteiger partial charge in [-0.1, -0.05) is 103 Å². The first-order valence-electron chi connectivity index (χ1n) is 13.1. The molecular weight excluding hydrogens is 530 g/mol. The lowest BCUT2D eigenvalue weighted by Gasteiger charge is -2.25. The lowest BCUT2D eigenvalue weighted by Crippen LogP contribution is -2.40. The first kappa shape index (κ1) is 28.0. The van der Waals surface area contributed by atoms with Crippen molar-refractivity contribution >= 4 is 17.5 Å². The number of benzene rings is 3. The van der Waals surface area contributed by atoms with Crippen LogP contribution >= 0.6 is 11.6 Å². The summed E-state index contributed by atoms with van der Waals surface area (Å²) in [5.41, 5.74) is 8.93. The Morgan fingerprint density at radius 1 is 0.675 bits per heavy atom. The van der Waals surface area contributed by atoms with E-state index in [1.165, 1.54) is 6.07 Å². The van der Waals surface area contributed by atoms with Gasteiger partial charge in [0.1, 0.15) is 36.2 Å². The topological polar surface area (TPSA) is 98.0 Å². The highest BCUT2D eigenvalue weighted by Gasteiger charge is 2.47. The second-order valence-electron chi connectivity index (χ2n) is 9.43. The molecule has 1 aliphatic rings. The fraction of sp³-hybridized carbons (Fsp3) is 0.290. The molecule has 2 N–H and O–H groups in total. The molecule has 1 saturated heterocycles. The zero-order valence-electron chi connectivity index (χ0n) is 22.0. The van der Waals surface area contributed by atoms with Crippen LogP contribution in [-0.4, -0.2) is 47.6 Å². The van der Waals surface area contributed by atoms with Gasteiger partial charge in [0.15, 0.2) is 0 Å². The SMILES string of the molecule is Nc1nc(Cl)cc(OC[C@@H]2O[C@H](COCc3ccccc3)[C@@H](OCc3ccccc3)[C@H]2OCc2ccccc2)n1. The summed E-state index contributed by atoms with van der Waals surface area (Å²) in [5.74, 6) is 0.288. The van der Waals surface area contributed by atoms with Crippen LogP contribution in [0.25, 0.3) is 0 Å². The van der Waals surface area contributed by atoms with Gasteiger partial charge in [0, 0.05) is 6.07 Å². The van der Waals surface area contributed by atoms with Gasteiger partial charge in [-0.15, -0.1) is 0 Å². The summed E-state index contributed by atoms with van der Waals surface area (Å²) >= 11 is 6.04. The van der Waals surface area contributed by atoms with Crippen LogP contribution in [0.4, 0.5) is 5.95 Å². The highest BCUT2D eigenvalue weighted by molar-refractivity contribution is 6.29. The van der Waals surface area contributed by atoms with Crippen LogP contribution in [0.2, 0.25) is 5.15 Å². The monoisotopic (exact) mass is 561 g/mol. The largest absolute Gasteiger partial charge is 0.475 e. The van der Waals surface area contributed by atoms with E-state index >= 15 is 0 Å². The van der Waals surface area contributed by atoms with Crippen LogP contribution in [0, 0.1) is 0 Å². The van der Waals surface area contributed by atoms with Gasteiger partial charge in [-0.25, -0.2) is 4.98 Å². The second kappa shape index (κ2) is 14.2. The zero-order chi connectivity index (χ0) is 27.6. The van der Waals surface area contributed by atoms with Gasteiger partial charge in [-0.2, -0.15) is 4.98 Å². The number of nitrogen functional groups attached to an aromatic ring is 1. The lowest BCUT2D eigenvalue weighted by molar-refractivity contribution is -0.0900. The molecule has 0 aliphatic carbocycles. The molecule has 5 rings (SSSR count). The van der Waals surface area contributed by atoms with E-state index in [0.717, 1.165) is 16.7 Å². The summed E-state index contributed by atoms with van der Waals surface area (Å²) in [6, 6.07) is 31.5. The van der Waals surface area contributed by atoms with Crippen molar-refractivity contribution in [2.45, 2.75) is 44.2 Å². The Kier molecular flexibility index (Phi) is 9.95. The predicted octanol–water partition coefficient (Wildman–Crippen LogP) is 5.25. The van der Waals surface area contributed by atoms with Gasteiger partial charge in [-0.05, 0) is 16.7 Å². The highest BCUT2D eigenvalue weighted by Crippen LogP contribution is 2.30. The number of anilines is 1. The molecule has 4 aromatic rings. The Morgan fingerprint density at radius 3 is 1.70 bits per heavy atom. The van der Waals surface area contributed by atoms with Crippen LogP contribution in [0.15, 0.2) is 97.1 Å². The van der Waals surface area contributed by atoms with Crippen LogP contribution in [0.1, 0.15) is 16.7 Å². The lowest BCUT2D eigenvalue weighted by atomic mass is 10.1. The Balaban J connectivity index is 1.33. The van der Waals surface area contributed by atoms with E-state index in [2.05, 4.69) is 9.97 Å². The minimum absolute atomic E-state index is 0.0305. The number of hydrogen-bond donors (Lipinski definition) is 1. The minimum Gasteiger partial charge on any atom is -0.475 e. The Morgan fingerprint density at radius 2 is 1.18 bits per heavy atom. The normalized spacial score (nSPS) is 20.4. The smallest absolute Gasteiger partial charge is 0.224 e. The Hall–Kier alpha value is -3.53. The molecule has 0 bridgehead atoms. The third-order valence-corrected chi connectivity index (χ3v) is 6.65. The maximum atomic E-state index is 6.48. The number of halogens is 1. The summed E-state index contributed by atoms with van der Waals surface area (Å²) in [7, 11) is 0. The highest BCUT2D eigenvalue weighted by atomic mass is 35.5. The average molecular weight is 562 g/mol. The number of aromatic nitrogens is 2. The van der Waals surface area contributed by atoms with E-state index in [0.29, 0.717) is 26.4 Å². The molecular formula is C31H32ClN3O5. The van der Waals surface area contributed by atoms with Crippen molar-refractivity contribution in [2.75, 3.05) is 18.9 Å². The molecule has 0 unspecified atom stereocenters. The molecule has 0 amide bonds. The summed E-state index contributed by atoms with van der Waals surface area (Å²) in [6.45, 7) is 1.72. The third-order valence-electron chi connectivity index (χ3n) is 6.45. The molecule has 1 fully saturated rings. The molecule has 2 heterocycles. The van der Waals surface area contributed by atoms with Crippen molar-refractivity contribution in [3.63, 3.8) is 0 Å². The van der Waals surface area contributed by atoms with E-state index in [-0.39, 0.29) is 29.7 Å². The number of rotatable bonds is 13. The Labute approximate surface area is 239 Å². The molecule has 9 heteroatoms. The van der Waals surface area contributed by atoms with Gasteiger partial charge in [0.2, 0.25) is 11.8 Å². The van der Waals surface area contributed by atoms with Gasteiger partial charge in [0.05, 0.1) is 26.4 Å². The fourth-order valence-electron chi connectivity index (χ4n) is 4.53. The fourth-order valence-corrected chi connectivity index (χ4v) is 4.71. The number of hydrogen-bond acceptors (Lipinski definition) is 8. The third kappa shape index (κ3) is 8.00. The second-order valence-corrected chi connectivity index (χ2v) is 9.82. The molecule has 208 valence electrons. The maximum Gasteiger partial charge on any atom is 0.224 e. The van der Waals surface area contributed by atoms with Crippen LogP contribution in [-0.2, 0) is 38.8 Å². The van der Waals surface area contributed by atoms with Gasteiger partial charge in [0.25, 0.3) is 0 Å². The number of ether oxygens (including phenoxy) is 5. The summed E-state index contributed by atoms with van der Waals surface area (Å²) in [5, 5.41) is 0.197. The molecule has 8 nitrogen and oxygen atoms in total. The van der Waals surface area contributed by atoms with Crippen LogP contribution in [0.3, 0.4) is 0 Å². The van der Waals surface area contributed by atoms with E-state index < -0.39 is 18.3 Å². The Bertz CT molecular complexity index is 1300. The van der Waals surface area contributed by atoms with E-state index in [9.17, 15) is 0 Å². The van der Waals surface area contributed by atoms with Crippen molar-refractivity contribution in [1.82, 2.24) is 9.97 Å². The summed E-state index contributed by atoms with van der Waals surface area (Å²) < 4.78 is 31.4. The van der Waals surface area contributed by atoms with Crippen LogP contribution < -0.4 is 10.5 Å². The molecule has 40 heavy (non-hydrogen) atoms. The maximum absolute atomic E-state index is 6.48. The molecule has 1 aromatic heterocycles. The van der Waals surface area contributed by atoms with Gasteiger partial charge >= 0.3 is 0 Å². The predicted molar refractivity (Wildman–Crippen MR) is 152 cm³/mol. The summed E-state index contributed by atoms with van der Waals surface area (Å²) in [6.07, 6.45) is -1.71. The number of nitrogens with two attached hydrogens (primary N) is 1. The first-order valence-corrected chi connectivity index (χ1v) is 13.5. The molecule has 1 aliphatic heterocycles. The molecule has 0 radical (unpaired) electrons. The molecule has 3 aromatic carbocycles. The van der Waals surface area contributed by atoms with Crippen molar-refractivity contribution < 1.29 is 23.7 Å². The van der Waals surface area contributed by atoms with E-state index in [4.69, 9.17) is 41.0 Å². The van der Waals surface area contributed by atoms with Crippen molar-refractivity contribution in [3.05, 3.63) is 119 Å². The minimum atomic E-state index is -0.468. The molecule has 0 saturated carbocycles. The van der Waals surface area contributed by atoms with Crippen LogP contribution in [0.5, 0.6) is 5.88 Å². The molecule has 0 spiro atoms. The molecule has 4 atom stereocenters. The van der Waals surface area contributed by atoms with Crippen molar-refractivity contribution in [3.8, 4) is 5.88 Å². The summed E-state index contributed by atoms with van der Waals surface area (Å²) in [4.78, 5) is 8.01. The van der Waals surface area contributed by atoms with Crippen molar-refractivity contribution in [1.29, 1.82) is 0 Å². The first-order chi connectivity index (χ1) is 19.6. The van der Waals surface area contributed by atoms with Crippen molar-refractivity contribution in [2.24, 2.45) is 0 Å². The zero-order valence-corrected chi connectivity index (χ0v) is 22.7. The van der Waals surface area contributed by atoms with Gasteiger partial charge < -0.3 is 29.4 Å². The van der Waals surface area contributed by atoms with Gasteiger partial charge in [-0.3, -0.25) is 0 Å². The number of nitrogens with zero attached hydrogens (tertiary/aromatic N) is 2.